The molecule has 7 nitrogen and oxygen atoms in total. The predicted molar refractivity (Wildman–Crippen MR) is 94.7 cm³/mol. The van der Waals surface area contributed by atoms with E-state index in [1.54, 1.807) is 38.1 Å². The molecule has 7 heteroatoms. The van der Waals surface area contributed by atoms with Crippen molar-refractivity contribution >= 4 is 17.6 Å². The Balaban J connectivity index is 1.56. The van der Waals surface area contributed by atoms with Crippen LogP contribution in [0.2, 0.25) is 0 Å². The molecule has 0 radical (unpaired) electrons. The Morgan fingerprint density at radius 2 is 1.69 bits per heavy atom. The van der Waals surface area contributed by atoms with Gasteiger partial charge in [0.1, 0.15) is 11.3 Å². The lowest BCUT2D eigenvalue weighted by Crippen LogP contribution is -2.41. The van der Waals surface area contributed by atoms with Crippen molar-refractivity contribution in [2.45, 2.75) is 32.0 Å². The van der Waals surface area contributed by atoms with E-state index in [9.17, 15) is 9.59 Å². The standard InChI is InChI=1S/C19H19N3O4/c1-18(2)16(23)22(17(24)20-18)12-8-10-13(11-9-12)25-19(3)14-6-4-5-7-15(14)26-21-19/h4-11,21H,1-3H3,(H,20,24). The van der Waals surface area contributed by atoms with Gasteiger partial charge in [0.25, 0.3) is 5.91 Å². The number of amides is 3. The Morgan fingerprint density at radius 3 is 2.35 bits per heavy atom. The van der Waals surface area contributed by atoms with E-state index < -0.39 is 17.3 Å². The molecule has 26 heavy (non-hydrogen) atoms. The van der Waals surface area contributed by atoms with Gasteiger partial charge in [-0.05, 0) is 57.2 Å². The van der Waals surface area contributed by atoms with Crippen molar-refractivity contribution in [2.75, 3.05) is 4.90 Å². The Kier molecular flexibility index (Phi) is 3.45. The molecule has 2 aliphatic rings. The van der Waals surface area contributed by atoms with Gasteiger partial charge in [0, 0.05) is 0 Å². The average Bonchev–Trinajstić information content (AvgIpc) is 3.03. The van der Waals surface area contributed by atoms with Gasteiger partial charge < -0.3 is 14.9 Å². The molecule has 1 saturated heterocycles. The van der Waals surface area contributed by atoms with Gasteiger partial charge in [-0.1, -0.05) is 12.1 Å². The Morgan fingerprint density at radius 1 is 1.00 bits per heavy atom. The molecule has 0 spiro atoms. The number of nitrogens with one attached hydrogen (secondary N) is 2. The highest BCUT2D eigenvalue weighted by molar-refractivity contribution is 6.23. The number of nitrogens with zero attached hydrogens (tertiary/aromatic N) is 1. The molecule has 1 atom stereocenters. The minimum Gasteiger partial charge on any atom is -0.466 e. The number of benzene rings is 2. The SMILES string of the molecule is CC1(C)NC(=O)N(c2ccc(OC3(C)NOc4ccccc43)cc2)C1=O. The summed E-state index contributed by atoms with van der Waals surface area (Å²) in [4.78, 5) is 31.1. The lowest BCUT2D eigenvalue weighted by atomic mass is 10.1. The molecular weight excluding hydrogens is 334 g/mol. The van der Waals surface area contributed by atoms with Gasteiger partial charge >= 0.3 is 6.03 Å². The second-order valence-electron chi connectivity index (χ2n) is 7.03. The summed E-state index contributed by atoms with van der Waals surface area (Å²) in [7, 11) is 0. The fourth-order valence-electron chi connectivity index (χ4n) is 3.11. The number of carbonyl (C=O) groups excluding carboxylic acids is 2. The van der Waals surface area contributed by atoms with Gasteiger partial charge in [-0.3, -0.25) is 4.79 Å². The van der Waals surface area contributed by atoms with E-state index >= 15 is 0 Å². The van der Waals surface area contributed by atoms with Crippen molar-refractivity contribution in [1.29, 1.82) is 0 Å². The first-order valence-electron chi connectivity index (χ1n) is 8.29. The van der Waals surface area contributed by atoms with Crippen LogP contribution in [-0.2, 0) is 10.5 Å². The number of hydrogen-bond donors (Lipinski definition) is 2. The molecule has 2 aromatic rings. The lowest BCUT2D eigenvalue weighted by Gasteiger charge is -2.25. The molecule has 2 aromatic carbocycles. The van der Waals surface area contributed by atoms with Crippen LogP contribution in [-0.4, -0.2) is 17.5 Å². The van der Waals surface area contributed by atoms with E-state index in [1.165, 1.54) is 0 Å². The number of anilines is 1. The van der Waals surface area contributed by atoms with Crippen LogP contribution in [0, 0.1) is 0 Å². The number of hydroxylamine groups is 1. The summed E-state index contributed by atoms with van der Waals surface area (Å²) in [5.41, 5.74) is 2.53. The van der Waals surface area contributed by atoms with Crippen molar-refractivity contribution < 1.29 is 19.2 Å². The average molecular weight is 353 g/mol. The fourth-order valence-corrected chi connectivity index (χ4v) is 3.11. The zero-order chi connectivity index (χ0) is 18.5. The summed E-state index contributed by atoms with van der Waals surface area (Å²) in [5, 5.41) is 2.66. The molecule has 0 saturated carbocycles. The van der Waals surface area contributed by atoms with Crippen molar-refractivity contribution in [3.8, 4) is 11.5 Å². The number of ether oxygens (including phenoxy) is 1. The molecule has 2 heterocycles. The van der Waals surface area contributed by atoms with E-state index in [-0.39, 0.29) is 5.91 Å². The van der Waals surface area contributed by atoms with Gasteiger partial charge in [0.15, 0.2) is 5.75 Å². The van der Waals surface area contributed by atoms with Crippen molar-refractivity contribution in [3.63, 3.8) is 0 Å². The third kappa shape index (κ3) is 2.48. The van der Waals surface area contributed by atoms with Crippen molar-refractivity contribution in [1.82, 2.24) is 10.8 Å². The molecule has 2 N–H and O–H groups in total. The van der Waals surface area contributed by atoms with Gasteiger partial charge in [0.05, 0.1) is 11.3 Å². The van der Waals surface area contributed by atoms with Crippen LogP contribution < -0.4 is 25.3 Å². The maximum atomic E-state index is 12.4. The van der Waals surface area contributed by atoms with E-state index in [0.29, 0.717) is 17.2 Å². The third-order valence-electron chi connectivity index (χ3n) is 4.53. The summed E-state index contributed by atoms with van der Waals surface area (Å²) in [6.45, 7) is 5.22. The summed E-state index contributed by atoms with van der Waals surface area (Å²) in [6, 6.07) is 14.0. The molecule has 0 aromatic heterocycles. The van der Waals surface area contributed by atoms with Gasteiger partial charge in [0.2, 0.25) is 5.72 Å². The Bertz CT molecular complexity index is 894. The quantitative estimate of drug-likeness (QED) is 0.830. The highest BCUT2D eigenvalue weighted by Gasteiger charge is 2.45. The maximum absolute atomic E-state index is 12.4. The minimum atomic E-state index is -0.908. The second kappa shape index (κ2) is 5.47. The lowest BCUT2D eigenvalue weighted by molar-refractivity contribution is -0.121. The fraction of sp³-hybridized carbons (Fsp3) is 0.263. The number of carbonyl (C=O) groups is 2. The topological polar surface area (TPSA) is 79.9 Å². The molecule has 1 unspecified atom stereocenters. The van der Waals surface area contributed by atoms with Crippen LogP contribution in [0.15, 0.2) is 48.5 Å². The minimum absolute atomic E-state index is 0.289. The second-order valence-corrected chi connectivity index (χ2v) is 7.03. The summed E-state index contributed by atoms with van der Waals surface area (Å²) < 4.78 is 6.06. The Labute approximate surface area is 150 Å². The van der Waals surface area contributed by atoms with Crippen LogP contribution in [0.25, 0.3) is 0 Å². The molecule has 4 rings (SSSR count). The normalized spacial score (nSPS) is 23.4. The van der Waals surface area contributed by atoms with Crippen LogP contribution in [0.4, 0.5) is 10.5 Å². The molecule has 134 valence electrons. The van der Waals surface area contributed by atoms with Crippen LogP contribution in [0.1, 0.15) is 26.3 Å². The summed E-state index contributed by atoms with van der Waals surface area (Å²) in [5.74, 6) is 1.01. The molecule has 1 fully saturated rings. The number of urea groups is 1. The van der Waals surface area contributed by atoms with Crippen LogP contribution in [0.5, 0.6) is 11.5 Å². The first-order chi connectivity index (χ1) is 12.3. The van der Waals surface area contributed by atoms with E-state index in [0.717, 1.165) is 10.5 Å². The molecular formula is C19H19N3O4. The molecule has 3 amide bonds. The zero-order valence-electron chi connectivity index (χ0n) is 14.7. The van der Waals surface area contributed by atoms with Crippen LogP contribution >= 0.6 is 0 Å². The molecule has 0 aliphatic carbocycles. The number of rotatable bonds is 3. The number of fused-ring (bicyclic) bond motifs is 1. The van der Waals surface area contributed by atoms with E-state index in [2.05, 4.69) is 10.8 Å². The monoisotopic (exact) mass is 353 g/mol. The van der Waals surface area contributed by atoms with Crippen molar-refractivity contribution in [3.05, 3.63) is 54.1 Å². The summed E-state index contributed by atoms with van der Waals surface area (Å²) in [6.07, 6.45) is 0. The first-order valence-corrected chi connectivity index (χ1v) is 8.29. The molecule has 0 bridgehead atoms. The highest BCUT2D eigenvalue weighted by atomic mass is 16.7. The number of hydrogen-bond acceptors (Lipinski definition) is 5. The third-order valence-corrected chi connectivity index (χ3v) is 4.53. The number of imide groups is 1. The van der Waals surface area contributed by atoms with Gasteiger partial charge in [-0.25, -0.2) is 9.69 Å². The first kappa shape index (κ1) is 16.4. The highest BCUT2D eigenvalue weighted by Crippen LogP contribution is 2.37. The summed E-state index contributed by atoms with van der Waals surface area (Å²) >= 11 is 0. The predicted octanol–water partition coefficient (Wildman–Crippen LogP) is 2.67. The molecule has 2 aliphatic heterocycles. The van der Waals surface area contributed by atoms with Crippen LogP contribution in [0.3, 0.4) is 0 Å². The largest absolute Gasteiger partial charge is 0.466 e. The zero-order valence-corrected chi connectivity index (χ0v) is 14.7. The van der Waals surface area contributed by atoms with E-state index in [1.807, 2.05) is 31.2 Å². The van der Waals surface area contributed by atoms with Gasteiger partial charge in [-0.2, -0.15) is 0 Å². The smallest absolute Gasteiger partial charge is 0.329 e. The van der Waals surface area contributed by atoms with Crippen molar-refractivity contribution in [2.24, 2.45) is 0 Å². The van der Waals surface area contributed by atoms with E-state index in [4.69, 9.17) is 9.57 Å². The Hall–Kier alpha value is -3.06. The number of para-hydroxylation sites is 1. The maximum Gasteiger partial charge on any atom is 0.329 e. The van der Waals surface area contributed by atoms with Gasteiger partial charge in [-0.15, -0.1) is 5.48 Å².